The lowest BCUT2D eigenvalue weighted by Crippen LogP contribution is -2.38. The van der Waals surface area contributed by atoms with Crippen molar-refractivity contribution in [3.63, 3.8) is 0 Å². The number of benzene rings is 1. The van der Waals surface area contributed by atoms with Gasteiger partial charge in [0.15, 0.2) is 11.8 Å². The molecule has 0 spiro atoms. The van der Waals surface area contributed by atoms with Crippen molar-refractivity contribution >= 4 is 29.2 Å². The molecule has 2 rings (SSSR count). The summed E-state index contributed by atoms with van der Waals surface area (Å²) in [4.78, 5) is 8.57. The van der Waals surface area contributed by atoms with Crippen LogP contribution in [0.3, 0.4) is 0 Å². The Morgan fingerprint density at radius 3 is 2.78 bits per heavy atom. The van der Waals surface area contributed by atoms with E-state index in [9.17, 15) is 0 Å². The third kappa shape index (κ3) is 5.11. The smallest absolute Gasteiger partial charge is 0.248 e. The Bertz CT molecular complexity index is 686. The molecule has 8 heteroatoms. The largest absolute Gasteiger partial charge is 0.357 e. The zero-order valence-corrected chi connectivity index (χ0v) is 14.7. The second-order valence-electron chi connectivity index (χ2n) is 4.96. The summed E-state index contributed by atoms with van der Waals surface area (Å²) in [6.07, 6.45) is 0. The van der Waals surface area contributed by atoms with Crippen LogP contribution in [-0.4, -0.2) is 22.6 Å². The summed E-state index contributed by atoms with van der Waals surface area (Å²) < 4.78 is 5.06. The average Bonchev–Trinajstić information content (AvgIpc) is 2.90. The summed E-state index contributed by atoms with van der Waals surface area (Å²) in [7, 11) is 0. The van der Waals surface area contributed by atoms with Crippen molar-refractivity contribution in [1.29, 1.82) is 0 Å². The number of rotatable bonds is 5. The molecule has 23 heavy (non-hydrogen) atoms. The van der Waals surface area contributed by atoms with Crippen LogP contribution >= 0.6 is 23.2 Å². The number of halogens is 2. The lowest BCUT2D eigenvalue weighted by Gasteiger charge is -2.19. The molecule has 0 saturated heterocycles. The number of aliphatic imine (C=N–C) groups is 1. The number of aryl methyl sites for hydroxylation is 1. The van der Waals surface area contributed by atoms with Crippen molar-refractivity contribution in [3.05, 3.63) is 45.5 Å². The second-order valence-corrected chi connectivity index (χ2v) is 5.81. The predicted octanol–water partition coefficient (Wildman–Crippen LogP) is 3.50. The minimum atomic E-state index is -0.0398. The number of hydrogen-bond acceptors (Lipinski definition) is 4. The zero-order valence-electron chi connectivity index (χ0n) is 13.2. The summed E-state index contributed by atoms with van der Waals surface area (Å²) in [5, 5.41) is 11.4. The van der Waals surface area contributed by atoms with Crippen LogP contribution in [0.15, 0.2) is 27.7 Å². The van der Waals surface area contributed by atoms with Crippen LogP contribution in [0.2, 0.25) is 10.0 Å². The lowest BCUT2D eigenvalue weighted by molar-refractivity contribution is 0.376. The molecule has 0 aliphatic rings. The minimum Gasteiger partial charge on any atom is -0.357 e. The van der Waals surface area contributed by atoms with Gasteiger partial charge in [0.2, 0.25) is 5.89 Å². The number of nitrogens with one attached hydrogen (secondary N) is 2. The standard InChI is InChI=1S/C15H19Cl2N5O/c1-4-18-15(19-8-14-21-10(3)22-23-14)20-9(2)12-6-5-11(16)7-13(12)17/h5-7,9H,4,8H2,1-3H3,(H2,18,19,20). The molecule has 0 saturated carbocycles. The van der Waals surface area contributed by atoms with Gasteiger partial charge >= 0.3 is 0 Å². The first-order valence-electron chi connectivity index (χ1n) is 7.28. The molecule has 0 amide bonds. The maximum Gasteiger partial charge on any atom is 0.248 e. The predicted molar refractivity (Wildman–Crippen MR) is 91.9 cm³/mol. The van der Waals surface area contributed by atoms with E-state index < -0.39 is 0 Å². The molecule has 0 aliphatic heterocycles. The monoisotopic (exact) mass is 355 g/mol. The highest BCUT2D eigenvalue weighted by molar-refractivity contribution is 6.35. The summed E-state index contributed by atoms with van der Waals surface area (Å²) in [5.74, 6) is 1.70. The van der Waals surface area contributed by atoms with Gasteiger partial charge in [-0.2, -0.15) is 4.98 Å². The Labute approximate surface area is 145 Å². The van der Waals surface area contributed by atoms with Crippen LogP contribution in [0.5, 0.6) is 0 Å². The molecule has 1 heterocycles. The van der Waals surface area contributed by atoms with Gasteiger partial charge in [-0.3, -0.25) is 0 Å². The van der Waals surface area contributed by atoms with E-state index in [2.05, 4.69) is 25.8 Å². The number of guanidine groups is 1. The van der Waals surface area contributed by atoms with Crippen LogP contribution in [0.4, 0.5) is 0 Å². The Morgan fingerprint density at radius 1 is 1.39 bits per heavy atom. The summed E-state index contributed by atoms with van der Waals surface area (Å²) in [5.41, 5.74) is 0.940. The van der Waals surface area contributed by atoms with E-state index in [1.54, 1.807) is 13.0 Å². The van der Waals surface area contributed by atoms with Gasteiger partial charge in [0.25, 0.3) is 0 Å². The first kappa shape index (κ1) is 17.6. The van der Waals surface area contributed by atoms with Crippen molar-refractivity contribution in [2.45, 2.75) is 33.4 Å². The highest BCUT2D eigenvalue weighted by atomic mass is 35.5. The molecule has 0 radical (unpaired) electrons. The number of nitrogens with zero attached hydrogens (tertiary/aromatic N) is 3. The molecule has 1 aromatic carbocycles. The van der Waals surface area contributed by atoms with E-state index in [0.717, 1.165) is 12.1 Å². The maximum atomic E-state index is 6.24. The van der Waals surface area contributed by atoms with E-state index in [0.29, 0.717) is 34.3 Å². The fourth-order valence-electron chi connectivity index (χ4n) is 2.01. The third-order valence-corrected chi connectivity index (χ3v) is 3.63. The quantitative estimate of drug-likeness (QED) is 0.634. The molecule has 0 fully saturated rings. The van der Waals surface area contributed by atoms with Crippen LogP contribution < -0.4 is 10.6 Å². The molecule has 0 bridgehead atoms. The summed E-state index contributed by atoms with van der Waals surface area (Å²) >= 11 is 12.2. The number of hydrogen-bond donors (Lipinski definition) is 2. The van der Waals surface area contributed by atoms with Gasteiger partial charge in [-0.1, -0.05) is 34.4 Å². The summed E-state index contributed by atoms with van der Waals surface area (Å²) in [6.45, 7) is 6.80. The van der Waals surface area contributed by atoms with Gasteiger partial charge < -0.3 is 15.2 Å². The van der Waals surface area contributed by atoms with Crippen molar-refractivity contribution < 1.29 is 4.52 Å². The number of aromatic nitrogens is 2. The molecule has 1 atom stereocenters. The van der Waals surface area contributed by atoms with Gasteiger partial charge in [0.05, 0.1) is 6.04 Å². The van der Waals surface area contributed by atoms with Crippen molar-refractivity contribution in [1.82, 2.24) is 20.8 Å². The molecular weight excluding hydrogens is 337 g/mol. The highest BCUT2D eigenvalue weighted by Crippen LogP contribution is 2.25. The fraction of sp³-hybridized carbons (Fsp3) is 0.400. The SMILES string of the molecule is CCNC(=NCc1nc(C)no1)NC(C)c1ccc(Cl)cc1Cl. The van der Waals surface area contributed by atoms with E-state index >= 15 is 0 Å². The zero-order chi connectivity index (χ0) is 16.8. The van der Waals surface area contributed by atoms with E-state index in [-0.39, 0.29) is 6.04 Å². The molecule has 2 aromatic rings. The molecule has 2 N–H and O–H groups in total. The van der Waals surface area contributed by atoms with Crippen molar-refractivity contribution in [3.8, 4) is 0 Å². The molecule has 124 valence electrons. The molecule has 6 nitrogen and oxygen atoms in total. The minimum absolute atomic E-state index is 0.0398. The van der Waals surface area contributed by atoms with Crippen molar-refractivity contribution in [2.75, 3.05) is 6.54 Å². The lowest BCUT2D eigenvalue weighted by atomic mass is 10.1. The van der Waals surface area contributed by atoms with Crippen molar-refractivity contribution in [2.24, 2.45) is 4.99 Å². The van der Waals surface area contributed by atoms with Gasteiger partial charge in [0.1, 0.15) is 6.54 Å². The Balaban J connectivity index is 2.08. The van der Waals surface area contributed by atoms with E-state index in [1.165, 1.54) is 0 Å². The Hall–Kier alpha value is -1.79. The normalized spacial score (nSPS) is 13.0. The molecule has 1 unspecified atom stereocenters. The van der Waals surface area contributed by atoms with Gasteiger partial charge in [-0.15, -0.1) is 0 Å². The highest BCUT2D eigenvalue weighted by Gasteiger charge is 2.12. The van der Waals surface area contributed by atoms with Crippen LogP contribution in [0.25, 0.3) is 0 Å². The van der Waals surface area contributed by atoms with Crippen LogP contribution in [0, 0.1) is 6.92 Å². The third-order valence-electron chi connectivity index (χ3n) is 3.07. The molecule has 0 aliphatic carbocycles. The van der Waals surface area contributed by atoms with Crippen LogP contribution in [-0.2, 0) is 6.54 Å². The van der Waals surface area contributed by atoms with Gasteiger partial charge in [-0.05, 0) is 38.5 Å². The Kier molecular flexibility index (Phi) is 6.24. The second kappa shape index (κ2) is 8.17. The van der Waals surface area contributed by atoms with E-state index in [1.807, 2.05) is 26.0 Å². The molecule has 1 aromatic heterocycles. The van der Waals surface area contributed by atoms with Crippen LogP contribution in [0.1, 0.15) is 37.2 Å². The topological polar surface area (TPSA) is 75.3 Å². The van der Waals surface area contributed by atoms with Gasteiger partial charge in [-0.25, -0.2) is 4.99 Å². The van der Waals surface area contributed by atoms with E-state index in [4.69, 9.17) is 27.7 Å². The maximum absolute atomic E-state index is 6.24. The first-order valence-corrected chi connectivity index (χ1v) is 8.04. The first-order chi connectivity index (χ1) is 11.0. The Morgan fingerprint density at radius 2 is 2.17 bits per heavy atom. The molecular formula is C15H19Cl2N5O. The average molecular weight is 356 g/mol. The summed E-state index contributed by atoms with van der Waals surface area (Å²) in [6, 6.07) is 5.39. The fourth-order valence-corrected chi connectivity index (χ4v) is 2.58. The van der Waals surface area contributed by atoms with Gasteiger partial charge in [0, 0.05) is 16.6 Å².